The largest absolute Gasteiger partial charge is 0.354 e. The van der Waals surface area contributed by atoms with Crippen LogP contribution in [-0.4, -0.2) is 29.7 Å². The van der Waals surface area contributed by atoms with E-state index in [1.54, 1.807) is 23.5 Å². The second kappa shape index (κ2) is 11.4. The van der Waals surface area contributed by atoms with Crippen LogP contribution in [0.5, 0.6) is 0 Å². The molecule has 1 saturated heterocycles. The highest BCUT2D eigenvalue weighted by Gasteiger charge is 2.26. The highest BCUT2D eigenvalue weighted by atomic mass is 35.5. The fourth-order valence-corrected chi connectivity index (χ4v) is 5.53. The van der Waals surface area contributed by atoms with Crippen LogP contribution in [0.25, 0.3) is 12.2 Å². The van der Waals surface area contributed by atoms with Gasteiger partial charge in [0.15, 0.2) is 0 Å². The highest BCUT2D eigenvalue weighted by Crippen LogP contribution is 2.36. The maximum Gasteiger partial charge on any atom is 0.283 e. The number of piperidine rings is 1. The first-order valence-electron chi connectivity index (χ1n) is 11.5. The van der Waals surface area contributed by atoms with E-state index in [1.807, 2.05) is 23.2 Å². The average Bonchev–Trinajstić information content (AvgIpc) is 3.29. The third-order valence-electron chi connectivity index (χ3n) is 6.00. The highest BCUT2D eigenvalue weighted by molar-refractivity contribution is 7.13. The summed E-state index contributed by atoms with van der Waals surface area (Å²) in [6.07, 6.45) is 9.58. The summed E-state index contributed by atoms with van der Waals surface area (Å²) in [5, 5.41) is 15.2. The van der Waals surface area contributed by atoms with E-state index in [4.69, 9.17) is 28.6 Å². The summed E-state index contributed by atoms with van der Waals surface area (Å²) in [5.41, 5.74) is 6.11. The standard InChI is InChI=1S/C26H28Cl2N4OS/c1-2-19-10-11-20(34-19)15-17-7-6-8-21(24(29)26(33)31-32-13-4-3-5-14-32)25(17)30-23-12-9-18(27)16-22(23)28/h2,9-12,15-16,29-30H,1,3-8,13-14H2,(H,31,33)/b17-15+,29-24?. The molecule has 2 aromatic rings. The van der Waals surface area contributed by atoms with Crippen molar-refractivity contribution in [2.45, 2.75) is 38.5 Å². The lowest BCUT2D eigenvalue weighted by molar-refractivity contribution is -0.119. The quantitative estimate of drug-likeness (QED) is 0.343. The van der Waals surface area contributed by atoms with Gasteiger partial charge in [-0.15, -0.1) is 11.3 Å². The first kappa shape index (κ1) is 24.7. The van der Waals surface area contributed by atoms with Crippen LogP contribution in [0.4, 0.5) is 5.69 Å². The van der Waals surface area contributed by atoms with E-state index >= 15 is 0 Å². The van der Waals surface area contributed by atoms with Crippen molar-refractivity contribution in [1.29, 1.82) is 5.41 Å². The van der Waals surface area contributed by atoms with Gasteiger partial charge in [0.1, 0.15) is 5.71 Å². The lowest BCUT2D eigenvalue weighted by Crippen LogP contribution is -2.48. The third-order valence-corrected chi connectivity index (χ3v) is 7.57. The van der Waals surface area contributed by atoms with E-state index in [0.29, 0.717) is 27.7 Å². The van der Waals surface area contributed by atoms with Crippen LogP contribution in [0.3, 0.4) is 0 Å². The number of nitrogens with zero attached hydrogens (tertiary/aromatic N) is 1. The third kappa shape index (κ3) is 5.99. The Morgan fingerprint density at radius 3 is 2.53 bits per heavy atom. The number of hydrazine groups is 1. The number of halogens is 2. The number of nitrogens with one attached hydrogen (secondary N) is 3. The molecule has 1 aliphatic carbocycles. The van der Waals surface area contributed by atoms with Crippen LogP contribution in [-0.2, 0) is 4.79 Å². The molecule has 178 valence electrons. The molecule has 1 fully saturated rings. The van der Waals surface area contributed by atoms with E-state index < -0.39 is 0 Å². The minimum atomic E-state index is -0.371. The predicted octanol–water partition coefficient (Wildman–Crippen LogP) is 7.17. The van der Waals surface area contributed by atoms with Crippen molar-refractivity contribution in [3.8, 4) is 0 Å². The summed E-state index contributed by atoms with van der Waals surface area (Å²) in [6.45, 7) is 5.48. The lowest BCUT2D eigenvalue weighted by atomic mass is 9.88. The molecule has 1 aromatic carbocycles. The van der Waals surface area contributed by atoms with Gasteiger partial charge in [-0.05, 0) is 74.1 Å². The van der Waals surface area contributed by atoms with Crippen molar-refractivity contribution < 1.29 is 4.79 Å². The van der Waals surface area contributed by atoms with Gasteiger partial charge < -0.3 is 5.32 Å². The van der Waals surface area contributed by atoms with Gasteiger partial charge in [-0.1, -0.05) is 42.3 Å². The van der Waals surface area contributed by atoms with Gasteiger partial charge in [0, 0.05) is 39.1 Å². The molecule has 0 saturated carbocycles. The van der Waals surface area contributed by atoms with Gasteiger partial charge in [0.25, 0.3) is 5.91 Å². The molecular formula is C26H28Cl2N4OS. The number of carbonyl (C=O) groups is 1. The van der Waals surface area contributed by atoms with Crippen LogP contribution in [0, 0.1) is 5.41 Å². The van der Waals surface area contributed by atoms with E-state index in [2.05, 4.69) is 29.5 Å². The number of carbonyl (C=O) groups excluding carboxylic acids is 1. The lowest BCUT2D eigenvalue weighted by Gasteiger charge is -2.29. The van der Waals surface area contributed by atoms with Crippen LogP contribution in [0.15, 0.2) is 53.8 Å². The van der Waals surface area contributed by atoms with Gasteiger partial charge in [0.2, 0.25) is 0 Å². The normalized spacial score (nSPS) is 18.1. The first-order valence-corrected chi connectivity index (χ1v) is 13.0. The Kier molecular flexibility index (Phi) is 8.27. The average molecular weight is 516 g/mol. The Morgan fingerprint density at radius 1 is 1.06 bits per heavy atom. The molecule has 3 N–H and O–H groups in total. The molecule has 1 aliphatic heterocycles. The number of benzene rings is 1. The molecule has 5 nitrogen and oxygen atoms in total. The maximum atomic E-state index is 13.0. The topological polar surface area (TPSA) is 68.2 Å². The summed E-state index contributed by atoms with van der Waals surface area (Å²) in [7, 11) is 0. The molecule has 0 spiro atoms. The maximum absolute atomic E-state index is 13.0. The summed E-state index contributed by atoms with van der Waals surface area (Å²) >= 11 is 14.2. The van der Waals surface area contributed by atoms with Crippen molar-refractivity contribution in [2.24, 2.45) is 0 Å². The van der Waals surface area contributed by atoms with Crippen LogP contribution >= 0.6 is 34.5 Å². The minimum Gasteiger partial charge on any atom is -0.354 e. The summed E-state index contributed by atoms with van der Waals surface area (Å²) in [6, 6.07) is 9.37. The van der Waals surface area contributed by atoms with Crippen molar-refractivity contribution in [1.82, 2.24) is 10.4 Å². The molecule has 0 radical (unpaired) electrons. The molecule has 0 bridgehead atoms. The molecule has 8 heteroatoms. The number of anilines is 1. The SMILES string of the molecule is C=Cc1ccc(/C=C2\CCCC(C(=N)C(=O)NN3CCCCC3)=C2Nc2ccc(Cl)cc2Cl)s1. The molecule has 2 aliphatic rings. The van der Waals surface area contributed by atoms with Crippen molar-refractivity contribution in [2.75, 3.05) is 18.4 Å². The Bertz CT molecular complexity index is 1160. The fourth-order valence-electron chi connectivity index (χ4n) is 4.24. The molecule has 0 unspecified atom stereocenters. The molecule has 1 aromatic heterocycles. The molecule has 34 heavy (non-hydrogen) atoms. The number of hydrogen-bond donors (Lipinski definition) is 3. The monoisotopic (exact) mass is 514 g/mol. The van der Waals surface area contributed by atoms with Gasteiger partial charge in [-0.3, -0.25) is 15.6 Å². The van der Waals surface area contributed by atoms with E-state index in [9.17, 15) is 4.79 Å². The smallest absolute Gasteiger partial charge is 0.283 e. The van der Waals surface area contributed by atoms with Gasteiger partial charge in [-0.2, -0.15) is 0 Å². The zero-order valence-electron chi connectivity index (χ0n) is 18.9. The number of rotatable bonds is 7. The van der Waals surface area contributed by atoms with E-state index in [1.165, 1.54) is 6.42 Å². The second-order valence-corrected chi connectivity index (χ2v) is 10.4. The number of hydrogen-bond acceptors (Lipinski definition) is 5. The van der Waals surface area contributed by atoms with Crippen LogP contribution < -0.4 is 10.7 Å². The molecule has 2 heterocycles. The fraction of sp³-hybridized carbons (Fsp3) is 0.308. The second-order valence-electron chi connectivity index (χ2n) is 8.43. The predicted molar refractivity (Wildman–Crippen MR) is 145 cm³/mol. The molecule has 1 amide bonds. The van der Waals surface area contributed by atoms with Crippen LogP contribution in [0.1, 0.15) is 48.3 Å². The van der Waals surface area contributed by atoms with Gasteiger partial charge in [0.05, 0.1) is 10.7 Å². The molecule has 4 rings (SSSR count). The zero-order valence-corrected chi connectivity index (χ0v) is 21.3. The van der Waals surface area contributed by atoms with Gasteiger partial charge >= 0.3 is 0 Å². The number of allylic oxidation sites excluding steroid dienone is 1. The summed E-state index contributed by atoms with van der Waals surface area (Å²) < 4.78 is 0. The van der Waals surface area contributed by atoms with Gasteiger partial charge in [-0.25, -0.2) is 5.01 Å². The Hall–Kier alpha value is -2.38. The minimum absolute atomic E-state index is 0.0123. The van der Waals surface area contributed by atoms with Crippen molar-refractivity contribution in [3.63, 3.8) is 0 Å². The summed E-state index contributed by atoms with van der Waals surface area (Å²) in [5.74, 6) is -0.371. The Balaban J connectivity index is 1.69. The molecule has 0 atom stereocenters. The summed E-state index contributed by atoms with van der Waals surface area (Å²) in [4.78, 5) is 15.2. The van der Waals surface area contributed by atoms with Crippen molar-refractivity contribution >= 4 is 64.0 Å². The molecular weight excluding hydrogens is 487 g/mol. The van der Waals surface area contributed by atoms with E-state index in [-0.39, 0.29) is 11.6 Å². The number of thiophene rings is 1. The first-order chi connectivity index (χ1) is 16.4. The van der Waals surface area contributed by atoms with Crippen molar-refractivity contribution in [3.05, 3.63) is 73.6 Å². The Labute approximate surface area is 214 Å². The van der Waals surface area contributed by atoms with E-state index in [0.717, 1.165) is 59.8 Å². The zero-order chi connectivity index (χ0) is 24.1. The number of amides is 1. The van der Waals surface area contributed by atoms with Crippen LogP contribution in [0.2, 0.25) is 10.0 Å². The Morgan fingerprint density at radius 2 is 1.82 bits per heavy atom.